The fourth-order valence-electron chi connectivity index (χ4n) is 1.92. The number of amides is 1. The molecule has 1 aromatic rings. The van der Waals surface area contributed by atoms with Crippen molar-refractivity contribution in [3.8, 4) is 0 Å². The third kappa shape index (κ3) is 7.28. The molecule has 8 heteroatoms. The fraction of sp³-hybridized carbons (Fsp3) is 0.412. The van der Waals surface area contributed by atoms with Gasteiger partial charge in [-0.2, -0.15) is 13.2 Å². The summed E-state index contributed by atoms with van der Waals surface area (Å²) in [6.07, 6.45) is -5.46. The van der Waals surface area contributed by atoms with Crippen LogP contribution in [0.2, 0.25) is 0 Å². The van der Waals surface area contributed by atoms with E-state index in [9.17, 15) is 22.8 Å². The number of carbonyl (C=O) groups excluding carboxylic acids is 1. The molecule has 0 aliphatic heterocycles. The molecular formula is C17H20F3NO4. The van der Waals surface area contributed by atoms with Gasteiger partial charge in [0.05, 0.1) is 5.57 Å². The first-order chi connectivity index (χ1) is 11.4. The van der Waals surface area contributed by atoms with E-state index in [1.807, 2.05) is 0 Å². The number of nitrogens with one attached hydrogen (secondary N) is 1. The Morgan fingerprint density at radius 2 is 1.76 bits per heavy atom. The third-order valence-corrected chi connectivity index (χ3v) is 2.94. The standard InChI is InChI=1S/C17H20F3NO4/c1-16(2,3)25-15(24)21-13(14(22)23)10-9-12(17(18,19)20)11-7-5-4-6-8-11/h4-9,13H,10H2,1-3H3,(H,21,24)(H,22,23)/b12-9-. The van der Waals surface area contributed by atoms with Crippen LogP contribution in [0.4, 0.5) is 18.0 Å². The summed E-state index contributed by atoms with van der Waals surface area (Å²) in [7, 11) is 0. The molecule has 1 amide bonds. The zero-order valence-electron chi connectivity index (χ0n) is 14.1. The van der Waals surface area contributed by atoms with Crippen molar-refractivity contribution in [1.29, 1.82) is 0 Å². The first kappa shape index (κ1) is 20.5. The normalized spacial score (nSPS) is 13.9. The molecule has 0 saturated carbocycles. The lowest BCUT2D eigenvalue weighted by atomic mass is 10.0. The number of carbonyl (C=O) groups is 2. The largest absolute Gasteiger partial charge is 0.480 e. The van der Waals surface area contributed by atoms with E-state index in [4.69, 9.17) is 9.84 Å². The van der Waals surface area contributed by atoms with Gasteiger partial charge in [0.25, 0.3) is 0 Å². The van der Waals surface area contributed by atoms with Gasteiger partial charge in [-0.25, -0.2) is 9.59 Å². The number of alkyl carbamates (subject to hydrolysis) is 1. The van der Waals surface area contributed by atoms with Crippen molar-refractivity contribution in [2.45, 2.75) is 45.0 Å². The lowest BCUT2D eigenvalue weighted by Gasteiger charge is -2.21. The summed E-state index contributed by atoms with van der Waals surface area (Å²) in [5.41, 5.74) is -1.91. The maximum absolute atomic E-state index is 13.2. The Hall–Kier alpha value is -2.51. The van der Waals surface area contributed by atoms with Crippen LogP contribution in [-0.2, 0) is 9.53 Å². The molecule has 0 fully saturated rings. The van der Waals surface area contributed by atoms with Crippen LogP contribution in [0.5, 0.6) is 0 Å². The van der Waals surface area contributed by atoms with E-state index in [-0.39, 0.29) is 5.56 Å². The molecule has 1 unspecified atom stereocenters. The van der Waals surface area contributed by atoms with Crippen LogP contribution < -0.4 is 5.32 Å². The van der Waals surface area contributed by atoms with E-state index in [2.05, 4.69) is 5.32 Å². The van der Waals surface area contributed by atoms with Gasteiger partial charge in [-0.15, -0.1) is 0 Å². The van der Waals surface area contributed by atoms with Crippen LogP contribution in [0.25, 0.3) is 5.57 Å². The number of carboxylic acid groups (broad SMARTS) is 1. The van der Waals surface area contributed by atoms with Crippen LogP contribution >= 0.6 is 0 Å². The van der Waals surface area contributed by atoms with Crippen LogP contribution in [0.3, 0.4) is 0 Å². The number of hydrogen-bond acceptors (Lipinski definition) is 3. The molecule has 25 heavy (non-hydrogen) atoms. The van der Waals surface area contributed by atoms with Crippen molar-refractivity contribution in [3.63, 3.8) is 0 Å². The Bertz CT molecular complexity index is 634. The second kappa shape index (κ2) is 8.04. The van der Waals surface area contributed by atoms with Crippen molar-refractivity contribution in [2.75, 3.05) is 0 Å². The molecule has 0 aliphatic carbocycles. The van der Waals surface area contributed by atoms with Crippen LogP contribution in [0, 0.1) is 0 Å². The minimum atomic E-state index is -4.66. The number of benzene rings is 1. The van der Waals surface area contributed by atoms with Gasteiger partial charge < -0.3 is 15.2 Å². The molecule has 0 saturated heterocycles. The van der Waals surface area contributed by atoms with Crippen molar-refractivity contribution < 1.29 is 32.6 Å². The Labute approximate surface area is 143 Å². The van der Waals surface area contributed by atoms with Gasteiger partial charge in [-0.1, -0.05) is 36.4 Å². The minimum absolute atomic E-state index is 0.0867. The number of ether oxygens (including phenoxy) is 1. The predicted molar refractivity (Wildman–Crippen MR) is 85.9 cm³/mol. The molecule has 0 spiro atoms. The molecule has 0 aromatic heterocycles. The van der Waals surface area contributed by atoms with Gasteiger partial charge in [0.1, 0.15) is 11.6 Å². The third-order valence-electron chi connectivity index (χ3n) is 2.94. The quantitative estimate of drug-likeness (QED) is 0.833. The molecule has 138 valence electrons. The highest BCUT2D eigenvalue weighted by molar-refractivity contribution is 5.81. The molecule has 0 bridgehead atoms. The van der Waals surface area contributed by atoms with Crippen molar-refractivity contribution in [1.82, 2.24) is 5.32 Å². The Morgan fingerprint density at radius 1 is 1.20 bits per heavy atom. The first-order valence-corrected chi connectivity index (χ1v) is 7.45. The van der Waals surface area contributed by atoms with Crippen molar-refractivity contribution in [3.05, 3.63) is 42.0 Å². The zero-order chi connectivity index (χ0) is 19.3. The van der Waals surface area contributed by atoms with E-state index in [1.54, 1.807) is 26.8 Å². The highest BCUT2D eigenvalue weighted by Gasteiger charge is 2.35. The fourth-order valence-corrected chi connectivity index (χ4v) is 1.92. The number of rotatable bonds is 5. The lowest BCUT2D eigenvalue weighted by Crippen LogP contribution is -2.43. The second-order valence-electron chi connectivity index (χ2n) is 6.25. The highest BCUT2D eigenvalue weighted by Crippen LogP contribution is 2.34. The molecular weight excluding hydrogens is 339 g/mol. The topological polar surface area (TPSA) is 75.6 Å². The highest BCUT2D eigenvalue weighted by atomic mass is 19.4. The Morgan fingerprint density at radius 3 is 2.20 bits per heavy atom. The maximum Gasteiger partial charge on any atom is 0.416 e. The van der Waals surface area contributed by atoms with Crippen LogP contribution in [0.15, 0.2) is 36.4 Å². The molecule has 5 nitrogen and oxygen atoms in total. The Kier molecular flexibility index (Phi) is 6.61. The number of halogens is 3. The van der Waals surface area contributed by atoms with E-state index < -0.39 is 41.9 Å². The number of aliphatic carboxylic acids is 1. The summed E-state index contributed by atoms with van der Waals surface area (Å²) in [4.78, 5) is 22.9. The van der Waals surface area contributed by atoms with Gasteiger partial charge in [0, 0.05) is 0 Å². The van der Waals surface area contributed by atoms with Crippen molar-refractivity contribution >= 4 is 17.6 Å². The molecule has 0 heterocycles. The summed E-state index contributed by atoms with van der Waals surface area (Å²) in [6, 6.07) is 5.47. The lowest BCUT2D eigenvalue weighted by molar-refractivity contribution is -0.139. The number of carboxylic acids is 1. The minimum Gasteiger partial charge on any atom is -0.480 e. The van der Waals surface area contributed by atoms with Crippen LogP contribution in [-0.4, -0.2) is 35.0 Å². The summed E-state index contributed by atoms with van der Waals surface area (Å²) >= 11 is 0. The zero-order valence-corrected chi connectivity index (χ0v) is 14.1. The van der Waals surface area contributed by atoms with Crippen LogP contribution in [0.1, 0.15) is 32.8 Å². The van der Waals surface area contributed by atoms with Gasteiger partial charge >= 0.3 is 18.2 Å². The van der Waals surface area contributed by atoms with Gasteiger partial charge in [-0.3, -0.25) is 0 Å². The molecule has 0 aliphatic rings. The van der Waals surface area contributed by atoms with Crippen molar-refractivity contribution in [2.24, 2.45) is 0 Å². The summed E-state index contributed by atoms with van der Waals surface area (Å²) in [5, 5.41) is 11.2. The first-order valence-electron chi connectivity index (χ1n) is 7.45. The molecule has 1 atom stereocenters. The second-order valence-corrected chi connectivity index (χ2v) is 6.25. The van der Waals surface area contributed by atoms with Gasteiger partial charge in [0.15, 0.2) is 0 Å². The monoisotopic (exact) mass is 359 g/mol. The van der Waals surface area contributed by atoms with E-state index in [0.29, 0.717) is 0 Å². The van der Waals surface area contributed by atoms with E-state index in [1.165, 1.54) is 24.3 Å². The number of allylic oxidation sites excluding steroid dienone is 1. The average Bonchev–Trinajstić information content (AvgIpc) is 2.43. The summed E-state index contributed by atoms with van der Waals surface area (Å²) in [6.45, 7) is 4.75. The summed E-state index contributed by atoms with van der Waals surface area (Å²) in [5.74, 6) is -1.46. The van der Waals surface area contributed by atoms with Gasteiger partial charge in [-0.05, 0) is 32.8 Å². The maximum atomic E-state index is 13.2. The molecule has 1 rings (SSSR count). The Balaban J connectivity index is 2.97. The SMILES string of the molecule is CC(C)(C)OC(=O)NC(C/C=C(/c1ccccc1)C(F)(F)F)C(=O)O. The predicted octanol–water partition coefficient (Wildman–Crippen LogP) is 4.00. The van der Waals surface area contributed by atoms with E-state index in [0.717, 1.165) is 6.08 Å². The van der Waals surface area contributed by atoms with E-state index >= 15 is 0 Å². The summed E-state index contributed by atoms with van der Waals surface area (Å²) < 4.78 is 44.6. The van der Waals surface area contributed by atoms with Gasteiger partial charge in [0.2, 0.25) is 0 Å². The molecule has 2 N–H and O–H groups in total. The molecule has 1 aromatic carbocycles. The molecule has 0 radical (unpaired) electrons. The average molecular weight is 359 g/mol. The number of hydrogen-bond donors (Lipinski definition) is 2. The smallest absolute Gasteiger partial charge is 0.416 e. The number of alkyl halides is 3.